The maximum absolute atomic E-state index is 11.9. The Bertz CT molecular complexity index is 470. The van der Waals surface area contributed by atoms with Crippen LogP contribution in [0.4, 0.5) is 5.82 Å². The quantitative estimate of drug-likeness (QED) is 0.838. The number of carbonyl (C=O) groups is 2. The van der Waals surface area contributed by atoms with Crippen LogP contribution >= 0.6 is 0 Å². The van der Waals surface area contributed by atoms with Crippen LogP contribution in [-0.2, 0) is 16.1 Å². The Morgan fingerprint density at radius 2 is 1.90 bits per heavy atom. The predicted octanol–water partition coefficient (Wildman–Crippen LogP) is 2.33. The lowest BCUT2D eigenvalue weighted by molar-refractivity contribution is -0.144. The molecule has 2 amide bonds. The molecule has 1 aromatic rings. The Hall–Kier alpha value is -1.91. The van der Waals surface area contributed by atoms with Gasteiger partial charge in [-0.1, -0.05) is 13.0 Å². The lowest BCUT2D eigenvalue weighted by atomic mass is 10.2. The number of carbonyl (C=O) groups excluding carboxylic acids is 2. The maximum Gasteiger partial charge on any atom is 0.229 e. The van der Waals surface area contributed by atoms with Crippen LogP contribution in [0.1, 0.15) is 44.7 Å². The van der Waals surface area contributed by atoms with E-state index in [9.17, 15) is 9.59 Å². The van der Waals surface area contributed by atoms with Crippen LogP contribution < -0.4 is 5.32 Å². The second kappa shape index (κ2) is 7.03. The Kier molecular flexibility index (Phi) is 5.09. The highest BCUT2D eigenvalue weighted by molar-refractivity contribution is 5.95. The van der Waals surface area contributed by atoms with Gasteiger partial charge < -0.3 is 5.32 Å². The third kappa shape index (κ3) is 3.79. The summed E-state index contributed by atoms with van der Waals surface area (Å²) in [5.41, 5.74) is 0.745. The molecule has 1 N–H and O–H groups in total. The molecule has 0 atom stereocenters. The molecule has 1 aliphatic rings. The van der Waals surface area contributed by atoms with Gasteiger partial charge >= 0.3 is 0 Å². The first-order valence-corrected chi connectivity index (χ1v) is 7.23. The van der Waals surface area contributed by atoms with Crippen LogP contribution in [0.25, 0.3) is 0 Å². The Labute approximate surface area is 119 Å². The standard InChI is InChI=1S/C15H21N3O2/c1-2-10-16-13-7-5-6-12(17-13)11-18-14(19)8-3-4-9-15(18)20/h5-7H,2-4,8-11H2,1H3,(H,16,17). The molecule has 108 valence electrons. The number of amides is 2. The van der Waals surface area contributed by atoms with Gasteiger partial charge in [-0.25, -0.2) is 4.98 Å². The summed E-state index contributed by atoms with van der Waals surface area (Å²) in [6, 6.07) is 5.64. The van der Waals surface area contributed by atoms with E-state index in [2.05, 4.69) is 17.2 Å². The molecular formula is C15H21N3O2. The number of hydrogen-bond donors (Lipinski definition) is 1. The average Bonchev–Trinajstić information content (AvgIpc) is 2.61. The molecule has 1 aliphatic heterocycles. The number of pyridine rings is 1. The molecule has 20 heavy (non-hydrogen) atoms. The lowest BCUT2D eigenvalue weighted by Gasteiger charge is -2.18. The molecule has 1 saturated heterocycles. The second-order valence-corrected chi connectivity index (χ2v) is 5.02. The molecule has 2 rings (SSSR count). The van der Waals surface area contributed by atoms with E-state index in [-0.39, 0.29) is 18.4 Å². The highest BCUT2D eigenvalue weighted by atomic mass is 16.2. The van der Waals surface area contributed by atoms with Gasteiger partial charge in [0.15, 0.2) is 0 Å². The van der Waals surface area contributed by atoms with Crippen molar-refractivity contribution in [3.8, 4) is 0 Å². The molecule has 0 unspecified atom stereocenters. The van der Waals surface area contributed by atoms with Crippen molar-refractivity contribution in [2.75, 3.05) is 11.9 Å². The van der Waals surface area contributed by atoms with Gasteiger partial charge in [-0.05, 0) is 31.4 Å². The van der Waals surface area contributed by atoms with E-state index in [1.807, 2.05) is 18.2 Å². The van der Waals surface area contributed by atoms with Crippen molar-refractivity contribution in [2.45, 2.75) is 45.6 Å². The van der Waals surface area contributed by atoms with Crippen molar-refractivity contribution < 1.29 is 9.59 Å². The van der Waals surface area contributed by atoms with E-state index in [0.29, 0.717) is 12.8 Å². The molecule has 5 heteroatoms. The minimum atomic E-state index is -0.0822. The van der Waals surface area contributed by atoms with E-state index in [1.165, 1.54) is 4.90 Å². The van der Waals surface area contributed by atoms with Crippen LogP contribution in [0.5, 0.6) is 0 Å². The van der Waals surface area contributed by atoms with E-state index >= 15 is 0 Å². The number of anilines is 1. The van der Waals surface area contributed by atoms with Crippen molar-refractivity contribution in [3.63, 3.8) is 0 Å². The van der Waals surface area contributed by atoms with Crippen LogP contribution in [0.2, 0.25) is 0 Å². The lowest BCUT2D eigenvalue weighted by Crippen LogP contribution is -2.34. The molecule has 0 saturated carbocycles. The van der Waals surface area contributed by atoms with Crippen molar-refractivity contribution in [1.29, 1.82) is 0 Å². The van der Waals surface area contributed by atoms with E-state index < -0.39 is 0 Å². The number of aromatic nitrogens is 1. The van der Waals surface area contributed by atoms with Crippen LogP contribution in [-0.4, -0.2) is 28.2 Å². The van der Waals surface area contributed by atoms with Gasteiger partial charge in [-0.2, -0.15) is 0 Å². The molecule has 0 bridgehead atoms. The molecule has 2 heterocycles. The summed E-state index contributed by atoms with van der Waals surface area (Å²) in [6.45, 7) is 3.22. The van der Waals surface area contributed by atoms with Crippen LogP contribution in [0.15, 0.2) is 18.2 Å². The van der Waals surface area contributed by atoms with Crippen molar-refractivity contribution >= 4 is 17.6 Å². The summed E-state index contributed by atoms with van der Waals surface area (Å²) in [5, 5.41) is 3.21. The summed E-state index contributed by atoms with van der Waals surface area (Å²) >= 11 is 0. The summed E-state index contributed by atoms with van der Waals surface area (Å²) in [6.07, 6.45) is 3.53. The first kappa shape index (κ1) is 14.5. The van der Waals surface area contributed by atoms with Gasteiger partial charge in [0.25, 0.3) is 0 Å². The molecule has 0 spiro atoms. The number of likely N-dealkylation sites (tertiary alicyclic amines) is 1. The van der Waals surface area contributed by atoms with Crippen LogP contribution in [0.3, 0.4) is 0 Å². The van der Waals surface area contributed by atoms with Crippen molar-refractivity contribution in [1.82, 2.24) is 9.88 Å². The zero-order valence-corrected chi connectivity index (χ0v) is 11.9. The minimum absolute atomic E-state index is 0.0822. The largest absolute Gasteiger partial charge is 0.370 e. The topological polar surface area (TPSA) is 62.3 Å². The Balaban J connectivity index is 2.07. The summed E-state index contributed by atoms with van der Waals surface area (Å²) < 4.78 is 0. The van der Waals surface area contributed by atoms with Gasteiger partial charge in [0, 0.05) is 19.4 Å². The smallest absolute Gasteiger partial charge is 0.229 e. The van der Waals surface area contributed by atoms with Crippen molar-refractivity contribution in [3.05, 3.63) is 23.9 Å². The second-order valence-electron chi connectivity index (χ2n) is 5.02. The summed E-state index contributed by atoms with van der Waals surface area (Å²) in [5.74, 6) is 0.626. The predicted molar refractivity (Wildman–Crippen MR) is 77.0 cm³/mol. The van der Waals surface area contributed by atoms with E-state index in [4.69, 9.17) is 0 Å². The highest BCUT2D eigenvalue weighted by Crippen LogP contribution is 2.16. The molecule has 1 aromatic heterocycles. The zero-order valence-electron chi connectivity index (χ0n) is 11.9. The number of nitrogens with one attached hydrogen (secondary N) is 1. The molecule has 1 fully saturated rings. The SMILES string of the molecule is CCCNc1cccc(CN2C(=O)CCCCC2=O)n1. The minimum Gasteiger partial charge on any atom is -0.370 e. The first-order valence-electron chi connectivity index (χ1n) is 7.23. The van der Waals surface area contributed by atoms with Gasteiger partial charge in [0.1, 0.15) is 5.82 Å². The van der Waals surface area contributed by atoms with Gasteiger partial charge in [-0.3, -0.25) is 14.5 Å². The van der Waals surface area contributed by atoms with Gasteiger partial charge in [0.05, 0.1) is 12.2 Å². The Morgan fingerprint density at radius 3 is 2.55 bits per heavy atom. The van der Waals surface area contributed by atoms with Crippen LogP contribution in [0, 0.1) is 0 Å². The number of nitrogens with zero attached hydrogens (tertiary/aromatic N) is 2. The molecule has 5 nitrogen and oxygen atoms in total. The highest BCUT2D eigenvalue weighted by Gasteiger charge is 2.24. The summed E-state index contributed by atoms with van der Waals surface area (Å²) in [7, 11) is 0. The fourth-order valence-corrected chi connectivity index (χ4v) is 2.22. The third-order valence-corrected chi connectivity index (χ3v) is 3.32. The molecule has 0 radical (unpaired) electrons. The number of rotatable bonds is 5. The monoisotopic (exact) mass is 275 g/mol. The van der Waals surface area contributed by atoms with Gasteiger partial charge in [0.2, 0.25) is 11.8 Å². The third-order valence-electron chi connectivity index (χ3n) is 3.32. The number of imide groups is 1. The fraction of sp³-hybridized carbons (Fsp3) is 0.533. The fourth-order valence-electron chi connectivity index (χ4n) is 2.22. The molecule has 0 aromatic carbocycles. The average molecular weight is 275 g/mol. The summed E-state index contributed by atoms with van der Waals surface area (Å²) in [4.78, 5) is 29.7. The normalized spacial score (nSPS) is 16.1. The number of hydrogen-bond acceptors (Lipinski definition) is 4. The van der Waals surface area contributed by atoms with E-state index in [0.717, 1.165) is 37.3 Å². The van der Waals surface area contributed by atoms with E-state index in [1.54, 1.807) is 0 Å². The van der Waals surface area contributed by atoms with Crippen molar-refractivity contribution in [2.24, 2.45) is 0 Å². The van der Waals surface area contributed by atoms with Gasteiger partial charge in [-0.15, -0.1) is 0 Å². The Morgan fingerprint density at radius 1 is 1.20 bits per heavy atom. The zero-order chi connectivity index (χ0) is 14.4. The molecule has 0 aliphatic carbocycles. The molecular weight excluding hydrogens is 254 g/mol. The first-order chi connectivity index (χ1) is 9.70. The maximum atomic E-state index is 11.9.